The van der Waals surface area contributed by atoms with Crippen molar-refractivity contribution in [1.29, 1.82) is 10.7 Å². The first-order valence-electron chi connectivity index (χ1n) is 2.22. The van der Waals surface area contributed by atoms with E-state index in [1.54, 1.807) is 0 Å². The molecule has 54 valence electrons. The zero-order chi connectivity index (χ0) is 7.98. The van der Waals surface area contributed by atoms with Crippen LogP contribution in [0.3, 0.4) is 0 Å². The molecule has 0 radical (unpaired) electrons. The summed E-state index contributed by atoms with van der Waals surface area (Å²) in [6, 6.07) is 1.45. The van der Waals surface area contributed by atoms with Gasteiger partial charge in [-0.25, -0.2) is 4.39 Å². The van der Waals surface area contributed by atoms with Gasteiger partial charge in [0, 0.05) is 0 Å². The molecule has 0 aliphatic heterocycles. The molecule has 0 spiro atoms. The monoisotopic (exact) mass is 144 g/mol. The molecule has 0 aliphatic carbocycles. The van der Waals surface area contributed by atoms with Crippen LogP contribution < -0.4 is 5.73 Å². The molecule has 0 aromatic heterocycles. The van der Waals surface area contributed by atoms with Gasteiger partial charge in [-0.2, -0.15) is 5.26 Å². The third-order valence-electron chi connectivity index (χ3n) is 0.566. The summed E-state index contributed by atoms with van der Waals surface area (Å²) < 4.78 is 11.2. The molecule has 0 bridgehead atoms. The number of hydrogen-bond acceptors (Lipinski definition) is 4. The predicted octanol–water partition coefficient (Wildman–Crippen LogP) is -0.254. The Morgan fingerprint density at radius 1 is 1.90 bits per heavy atom. The Balaban J connectivity index is 4.09. The SMILES string of the molecule is N#C/C(=N\OCF)C(=N)N. The molecular weight excluding hydrogens is 139 g/mol. The fraction of sp³-hybridized carbons (Fsp3) is 0.250. The maximum Gasteiger partial charge on any atom is 0.255 e. The third kappa shape index (κ3) is 2.61. The molecule has 10 heavy (non-hydrogen) atoms. The smallest absolute Gasteiger partial charge is 0.255 e. The number of halogens is 1. The van der Waals surface area contributed by atoms with Crippen LogP contribution in [0.1, 0.15) is 0 Å². The number of nitriles is 1. The average molecular weight is 144 g/mol. The second kappa shape index (κ2) is 4.26. The topological polar surface area (TPSA) is 95.2 Å². The summed E-state index contributed by atoms with van der Waals surface area (Å²) in [5.74, 6) is -0.545. The molecule has 0 aromatic rings. The molecule has 0 aromatic carbocycles. The van der Waals surface area contributed by atoms with Crippen LogP contribution >= 0.6 is 0 Å². The van der Waals surface area contributed by atoms with Gasteiger partial charge in [-0.15, -0.1) is 0 Å². The van der Waals surface area contributed by atoms with Crippen molar-refractivity contribution in [3.05, 3.63) is 0 Å². The van der Waals surface area contributed by atoms with E-state index in [-0.39, 0.29) is 0 Å². The van der Waals surface area contributed by atoms with E-state index in [0.717, 1.165) is 0 Å². The molecule has 0 atom stereocenters. The van der Waals surface area contributed by atoms with Gasteiger partial charge in [0.25, 0.3) is 6.86 Å². The number of nitrogens with two attached hydrogens (primary N) is 1. The van der Waals surface area contributed by atoms with E-state index >= 15 is 0 Å². The van der Waals surface area contributed by atoms with E-state index in [0.29, 0.717) is 0 Å². The minimum Gasteiger partial charge on any atom is -0.382 e. The summed E-state index contributed by atoms with van der Waals surface area (Å²) in [5, 5.41) is 17.7. The highest BCUT2D eigenvalue weighted by Gasteiger charge is 2.00. The zero-order valence-corrected chi connectivity index (χ0v) is 4.97. The summed E-state index contributed by atoms with van der Waals surface area (Å²) in [4.78, 5) is 3.83. The van der Waals surface area contributed by atoms with Crippen molar-refractivity contribution in [2.24, 2.45) is 10.9 Å². The number of rotatable bonds is 3. The molecule has 0 fully saturated rings. The minimum absolute atomic E-state index is 0.433. The highest BCUT2D eigenvalue weighted by Crippen LogP contribution is 1.80. The van der Waals surface area contributed by atoms with Gasteiger partial charge in [-0.1, -0.05) is 5.16 Å². The molecule has 0 saturated heterocycles. The first kappa shape index (κ1) is 8.36. The van der Waals surface area contributed by atoms with E-state index in [4.69, 9.17) is 16.4 Å². The Morgan fingerprint density at radius 2 is 2.50 bits per heavy atom. The molecule has 5 nitrogen and oxygen atoms in total. The molecule has 0 saturated carbocycles. The zero-order valence-electron chi connectivity index (χ0n) is 4.97. The molecule has 0 aliphatic rings. The number of oxime groups is 1. The normalized spacial score (nSPS) is 10.2. The van der Waals surface area contributed by atoms with E-state index in [9.17, 15) is 4.39 Å². The average Bonchev–Trinajstić information content (AvgIpc) is 1.89. The Labute approximate surface area is 56.4 Å². The molecule has 6 heteroatoms. The van der Waals surface area contributed by atoms with E-state index in [1.807, 2.05) is 0 Å². The molecule has 0 amide bonds. The van der Waals surface area contributed by atoms with Crippen molar-refractivity contribution in [2.75, 3.05) is 6.86 Å². The highest BCUT2D eigenvalue weighted by molar-refractivity contribution is 6.45. The van der Waals surface area contributed by atoms with Gasteiger partial charge in [0.2, 0.25) is 5.71 Å². The molecular formula is C4H5FN4O. The van der Waals surface area contributed by atoms with E-state index < -0.39 is 18.4 Å². The fourth-order valence-electron chi connectivity index (χ4n) is 0.219. The van der Waals surface area contributed by atoms with Gasteiger partial charge >= 0.3 is 0 Å². The van der Waals surface area contributed by atoms with Gasteiger partial charge in [-0.3, -0.25) is 5.41 Å². The van der Waals surface area contributed by atoms with Crippen LogP contribution in [0.5, 0.6) is 0 Å². The lowest BCUT2D eigenvalue weighted by atomic mass is 10.4. The van der Waals surface area contributed by atoms with Gasteiger partial charge in [0.1, 0.15) is 6.07 Å². The van der Waals surface area contributed by atoms with Gasteiger partial charge in [0.15, 0.2) is 5.84 Å². The standard InChI is InChI=1S/C4H5FN4O/c5-2-10-9-3(1-6)4(7)8/h2H2,(H3,7,8)/b9-3+. The van der Waals surface area contributed by atoms with Gasteiger partial charge in [-0.05, 0) is 0 Å². The largest absolute Gasteiger partial charge is 0.382 e. The molecule has 0 rings (SSSR count). The van der Waals surface area contributed by atoms with Gasteiger partial charge < -0.3 is 10.6 Å². The summed E-state index contributed by atoms with van der Waals surface area (Å²) in [5.41, 5.74) is 4.38. The van der Waals surface area contributed by atoms with Crippen molar-refractivity contribution in [1.82, 2.24) is 0 Å². The fourth-order valence-corrected chi connectivity index (χ4v) is 0.219. The maximum atomic E-state index is 11.2. The van der Waals surface area contributed by atoms with Crippen LogP contribution in [-0.2, 0) is 4.84 Å². The van der Waals surface area contributed by atoms with Crippen LogP contribution in [0.2, 0.25) is 0 Å². The van der Waals surface area contributed by atoms with Crippen LogP contribution in [0.4, 0.5) is 4.39 Å². The number of hydrogen-bond donors (Lipinski definition) is 2. The molecule has 3 N–H and O–H groups in total. The van der Waals surface area contributed by atoms with Crippen molar-refractivity contribution < 1.29 is 9.23 Å². The van der Waals surface area contributed by atoms with Crippen molar-refractivity contribution in [3.8, 4) is 6.07 Å². The first-order chi connectivity index (χ1) is 4.72. The third-order valence-corrected chi connectivity index (χ3v) is 0.566. The van der Waals surface area contributed by atoms with Crippen LogP contribution in [0.15, 0.2) is 5.16 Å². The summed E-state index contributed by atoms with van der Waals surface area (Å²) in [7, 11) is 0. The maximum absolute atomic E-state index is 11.2. The summed E-state index contributed by atoms with van der Waals surface area (Å²) >= 11 is 0. The Bertz CT molecular complexity index is 194. The summed E-state index contributed by atoms with van der Waals surface area (Å²) in [6.07, 6.45) is 0. The van der Waals surface area contributed by atoms with Gasteiger partial charge in [0.05, 0.1) is 0 Å². The lowest BCUT2D eigenvalue weighted by Gasteiger charge is -1.91. The van der Waals surface area contributed by atoms with Crippen molar-refractivity contribution in [3.63, 3.8) is 0 Å². The van der Waals surface area contributed by atoms with Crippen molar-refractivity contribution >= 4 is 11.5 Å². The predicted molar refractivity (Wildman–Crippen MR) is 32.0 cm³/mol. The number of amidine groups is 1. The Hall–Kier alpha value is -1.64. The van der Waals surface area contributed by atoms with Crippen molar-refractivity contribution in [2.45, 2.75) is 0 Å². The minimum atomic E-state index is -1.14. The molecule has 0 unspecified atom stereocenters. The van der Waals surface area contributed by atoms with E-state index in [1.165, 1.54) is 6.07 Å². The van der Waals surface area contributed by atoms with E-state index in [2.05, 4.69) is 9.99 Å². The number of nitrogens with one attached hydrogen (secondary N) is 1. The molecule has 0 heterocycles. The number of nitrogens with zero attached hydrogens (tertiary/aromatic N) is 2. The number of alkyl halides is 1. The van der Waals surface area contributed by atoms with Crippen LogP contribution in [0, 0.1) is 16.7 Å². The summed E-state index contributed by atoms with van der Waals surface area (Å²) in [6.45, 7) is -1.14. The quantitative estimate of drug-likeness (QED) is 0.324. The van der Waals surface area contributed by atoms with Crippen LogP contribution in [-0.4, -0.2) is 18.4 Å². The Kier molecular flexibility index (Phi) is 3.56. The highest BCUT2D eigenvalue weighted by atomic mass is 19.1. The Morgan fingerprint density at radius 3 is 2.80 bits per heavy atom. The van der Waals surface area contributed by atoms with Crippen LogP contribution in [0.25, 0.3) is 0 Å². The second-order valence-corrected chi connectivity index (χ2v) is 1.20. The second-order valence-electron chi connectivity index (χ2n) is 1.20. The lowest BCUT2D eigenvalue weighted by Crippen LogP contribution is -2.21. The lowest BCUT2D eigenvalue weighted by molar-refractivity contribution is 0.0642. The first-order valence-corrected chi connectivity index (χ1v) is 2.22.